The Labute approximate surface area is 185 Å². The van der Waals surface area contributed by atoms with Crippen LogP contribution in [-0.2, 0) is 22.3 Å². The second kappa shape index (κ2) is 10.1. The smallest absolute Gasteiger partial charge is 0.216 e. The van der Waals surface area contributed by atoms with Gasteiger partial charge in [-0.15, -0.1) is 10.2 Å². The fraction of sp³-hybridized carbons (Fsp3) is 0.200. The van der Waals surface area contributed by atoms with Crippen LogP contribution < -0.4 is 9.46 Å². The predicted octanol–water partition coefficient (Wildman–Crippen LogP) is 3.74. The zero-order valence-corrected chi connectivity index (χ0v) is 18.7. The minimum atomic E-state index is -3.55. The van der Waals surface area contributed by atoms with Crippen LogP contribution in [0.3, 0.4) is 0 Å². The summed E-state index contributed by atoms with van der Waals surface area (Å²) in [5, 5.41) is 9.45. The Bertz CT molecular complexity index is 1100. The highest BCUT2D eigenvalue weighted by atomic mass is 35.5. The third-order valence-corrected chi connectivity index (χ3v) is 6.64. The van der Waals surface area contributed by atoms with Gasteiger partial charge >= 0.3 is 0 Å². The van der Waals surface area contributed by atoms with E-state index in [4.69, 9.17) is 16.3 Å². The molecule has 0 aliphatic carbocycles. The standard InChI is InChI=1S/C20H21ClN4O3S2/c1-15(21)13-29-20-24-23-19(25(20)17-8-10-18(28-2)11-9-17)12-22-30(26,27)14-16-6-4-3-5-7-16/h3-11,22H,1,12-14H2,2H3. The molecule has 0 saturated carbocycles. The molecular formula is C20H21ClN4O3S2. The van der Waals surface area contributed by atoms with Crippen LogP contribution in [0.25, 0.3) is 5.69 Å². The van der Waals surface area contributed by atoms with Crippen molar-refractivity contribution in [3.05, 3.63) is 77.6 Å². The number of rotatable bonds is 10. The topological polar surface area (TPSA) is 86.1 Å². The molecule has 0 amide bonds. The Balaban J connectivity index is 1.83. The molecule has 0 bridgehead atoms. The summed E-state index contributed by atoms with van der Waals surface area (Å²) in [4.78, 5) is 0. The maximum absolute atomic E-state index is 12.5. The second-order valence-electron chi connectivity index (χ2n) is 6.30. The van der Waals surface area contributed by atoms with E-state index in [1.165, 1.54) is 11.8 Å². The minimum Gasteiger partial charge on any atom is -0.497 e. The van der Waals surface area contributed by atoms with E-state index >= 15 is 0 Å². The second-order valence-corrected chi connectivity index (χ2v) is 9.59. The van der Waals surface area contributed by atoms with E-state index in [0.29, 0.717) is 33.1 Å². The lowest BCUT2D eigenvalue weighted by molar-refractivity contribution is 0.414. The number of sulfonamides is 1. The predicted molar refractivity (Wildman–Crippen MR) is 120 cm³/mol. The molecule has 1 N–H and O–H groups in total. The molecule has 158 valence electrons. The highest BCUT2D eigenvalue weighted by Gasteiger charge is 2.18. The van der Waals surface area contributed by atoms with Crippen LogP contribution >= 0.6 is 23.4 Å². The molecule has 0 radical (unpaired) electrons. The van der Waals surface area contributed by atoms with E-state index in [1.54, 1.807) is 35.9 Å². The molecule has 0 spiro atoms. The SMILES string of the molecule is C=C(Cl)CSc1nnc(CNS(=O)(=O)Cc2ccccc2)n1-c1ccc(OC)cc1. The highest BCUT2D eigenvalue weighted by Crippen LogP contribution is 2.25. The van der Waals surface area contributed by atoms with Crippen molar-refractivity contribution in [3.8, 4) is 11.4 Å². The Morgan fingerprint density at radius 1 is 1.17 bits per heavy atom. The molecule has 1 aromatic heterocycles. The fourth-order valence-electron chi connectivity index (χ4n) is 2.66. The first-order valence-corrected chi connectivity index (χ1v) is 12.0. The van der Waals surface area contributed by atoms with Crippen molar-refractivity contribution in [3.63, 3.8) is 0 Å². The number of nitrogens with one attached hydrogen (secondary N) is 1. The first-order chi connectivity index (χ1) is 14.4. The van der Waals surface area contributed by atoms with Gasteiger partial charge in [-0.05, 0) is 29.8 Å². The van der Waals surface area contributed by atoms with Gasteiger partial charge in [-0.1, -0.05) is 60.3 Å². The molecule has 1 heterocycles. The van der Waals surface area contributed by atoms with E-state index in [-0.39, 0.29) is 12.3 Å². The van der Waals surface area contributed by atoms with Gasteiger partial charge in [0, 0.05) is 16.5 Å². The summed E-state index contributed by atoms with van der Waals surface area (Å²) in [5.74, 6) is 1.51. The van der Waals surface area contributed by atoms with Crippen LogP contribution in [0.2, 0.25) is 0 Å². The number of benzene rings is 2. The van der Waals surface area contributed by atoms with Gasteiger partial charge in [0.2, 0.25) is 10.0 Å². The van der Waals surface area contributed by atoms with Crippen LogP contribution in [0.15, 0.2) is 71.4 Å². The summed E-state index contributed by atoms with van der Waals surface area (Å²) >= 11 is 7.26. The number of nitrogens with zero attached hydrogens (tertiary/aromatic N) is 3. The molecule has 3 rings (SSSR count). The van der Waals surface area contributed by atoms with E-state index in [0.717, 1.165) is 5.69 Å². The number of hydrogen-bond acceptors (Lipinski definition) is 6. The maximum atomic E-state index is 12.5. The zero-order valence-electron chi connectivity index (χ0n) is 16.3. The van der Waals surface area contributed by atoms with Crippen molar-refractivity contribution in [2.45, 2.75) is 17.5 Å². The number of hydrogen-bond donors (Lipinski definition) is 1. The van der Waals surface area contributed by atoms with Gasteiger partial charge in [0.1, 0.15) is 5.75 Å². The van der Waals surface area contributed by atoms with E-state index in [1.807, 2.05) is 30.3 Å². The van der Waals surface area contributed by atoms with Gasteiger partial charge in [-0.3, -0.25) is 4.57 Å². The lowest BCUT2D eigenvalue weighted by atomic mass is 10.2. The van der Waals surface area contributed by atoms with Gasteiger partial charge in [-0.2, -0.15) is 0 Å². The Kier molecular flexibility index (Phi) is 7.54. The van der Waals surface area contributed by atoms with Gasteiger partial charge < -0.3 is 4.74 Å². The largest absolute Gasteiger partial charge is 0.497 e. The third-order valence-electron chi connectivity index (χ3n) is 4.04. The normalized spacial score (nSPS) is 11.4. The first kappa shape index (κ1) is 22.4. The van der Waals surface area contributed by atoms with Gasteiger partial charge in [0.25, 0.3) is 0 Å². The van der Waals surface area contributed by atoms with Crippen molar-refractivity contribution < 1.29 is 13.2 Å². The highest BCUT2D eigenvalue weighted by molar-refractivity contribution is 7.99. The Morgan fingerprint density at radius 3 is 2.50 bits per heavy atom. The molecule has 10 heteroatoms. The third kappa shape index (κ3) is 6.09. The summed E-state index contributed by atoms with van der Waals surface area (Å²) in [5.41, 5.74) is 1.49. The molecule has 0 unspecified atom stereocenters. The van der Waals surface area contributed by atoms with Crippen LogP contribution in [0.4, 0.5) is 0 Å². The van der Waals surface area contributed by atoms with Gasteiger partial charge in [0.15, 0.2) is 11.0 Å². The van der Waals surface area contributed by atoms with Crippen molar-refractivity contribution in [2.75, 3.05) is 12.9 Å². The van der Waals surface area contributed by atoms with Crippen molar-refractivity contribution in [1.29, 1.82) is 0 Å². The molecule has 7 nitrogen and oxygen atoms in total. The van der Waals surface area contributed by atoms with Crippen LogP contribution in [0, 0.1) is 0 Å². The molecular weight excluding hydrogens is 444 g/mol. The van der Waals surface area contributed by atoms with Gasteiger partial charge in [0.05, 0.1) is 19.4 Å². The molecule has 3 aromatic rings. The fourth-order valence-corrected chi connectivity index (χ4v) is 4.63. The summed E-state index contributed by atoms with van der Waals surface area (Å²) < 4.78 is 34.6. The average Bonchev–Trinajstić information content (AvgIpc) is 3.14. The molecule has 0 aliphatic rings. The maximum Gasteiger partial charge on any atom is 0.216 e. The van der Waals surface area contributed by atoms with Crippen molar-refractivity contribution >= 4 is 33.4 Å². The summed E-state index contributed by atoms with van der Waals surface area (Å²) in [6.07, 6.45) is 0. The number of halogens is 1. The lowest BCUT2D eigenvalue weighted by Gasteiger charge is -2.12. The van der Waals surface area contributed by atoms with Gasteiger partial charge in [-0.25, -0.2) is 13.1 Å². The lowest BCUT2D eigenvalue weighted by Crippen LogP contribution is -2.26. The molecule has 0 saturated heterocycles. The first-order valence-electron chi connectivity index (χ1n) is 8.94. The van der Waals surface area contributed by atoms with Crippen molar-refractivity contribution in [2.24, 2.45) is 0 Å². The summed E-state index contributed by atoms with van der Waals surface area (Å²) in [7, 11) is -1.96. The molecule has 0 atom stereocenters. The Morgan fingerprint density at radius 2 is 1.87 bits per heavy atom. The molecule has 2 aromatic carbocycles. The van der Waals surface area contributed by atoms with Crippen LogP contribution in [0.5, 0.6) is 5.75 Å². The summed E-state index contributed by atoms with van der Waals surface area (Å²) in [6, 6.07) is 16.3. The number of ether oxygens (including phenoxy) is 1. The minimum absolute atomic E-state index is 0.00340. The van der Waals surface area contributed by atoms with E-state index < -0.39 is 10.0 Å². The van der Waals surface area contributed by atoms with Crippen molar-refractivity contribution in [1.82, 2.24) is 19.5 Å². The number of methoxy groups -OCH3 is 1. The monoisotopic (exact) mass is 464 g/mol. The van der Waals surface area contributed by atoms with Crippen LogP contribution in [-0.4, -0.2) is 36.0 Å². The molecule has 0 aliphatic heterocycles. The molecule has 30 heavy (non-hydrogen) atoms. The molecule has 0 fully saturated rings. The van der Waals surface area contributed by atoms with E-state index in [9.17, 15) is 8.42 Å². The average molecular weight is 465 g/mol. The van der Waals surface area contributed by atoms with E-state index in [2.05, 4.69) is 21.5 Å². The quantitative estimate of drug-likeness (QED) is 0.460. The Hall–Kier alpha value is -2.33. The van der Waals surface area contributed by atoms with Crippen LogP contribution in [0.1, 0.15) is 11.4 Å². The number of thioether (sulfide) groups is 1. The number of aromatic nitrogens is 3. The zero-order chi connectivity index (χ0) is 21.6. The summed E-state index contributed by atoms with van der Waals surface area (Å²) in [6.45, 7) is 3.69.